The molecule has 138 valence electrons. The van der Waals surface area contributed by atoms with Crippen LogP contribution in [0.3, 0.4) is 0 Å². The van der Waals surface area contributed by atoms with E-state index < -0.39 is 11.7 Å². The summed E-state index contributed by atoms with van der Waals surface area (Å²) in [6, 6.07) is 8.25. The van der Waals surface area contributed by atoms with Crippen LogP contribution in [0.2, 0.25) is 0 Å². The third kappa shape index (κ3) is 4.53. The van der Waals surface area contributed by atoms with Gasteiger partial charge in [-0.25, -0.2) is 0 Å². The van der Waals surface area contributed by atoms with E-state index in [-0.39, 0.29) is 11.5 Å². The third-order valence-electron chi connectivity index (χ3n) is 4.67. The standard InChI is InChI=1S/C19H20F3N3O/c20-19(21,22)16-3-1-15(2-4-16)18(26)24-13-14-7-11-25(12-8-14)17-5-9-23-10-6-17/h1-6,9-10,14H,7-8,11-13H2,(H,24,26). The number of carbonyl (C=O) groups excluding carboxylic acids is 1. The van der Waals surface area contributed by atoms with Gasteiger partial charge < -0.3 is 10.2 Å². The van der Waals surface area contributed by atoms with Crippen LogP contribution >= 0.6 is 0 Å². The van der Waals surface area contributed by atoms with Gasteiger partial charge in [0, 0.05) is 43.3 Å². The Morgan fingerprint density at radius 2 is 1.69 bits per heavy atom. The fraction of sp³-hybridized carbons (Fsp3) is 0.368. The molecule has 0 spiro atoms. The number of nitrogens with zero attached hydrogens (tertiary/aromatic N) is 2. The number of amides is 1. The highest BCUT2D eigenvalue weighted by atomic mass is 19.4. The van der Waals surface area contributed by atoms with Gasteiger partial charge in [-0.15, -0.1) is 0 Å². The number of benzene rings is 1. The van der Waals surface area contributed by atoms with Crippen molar-refractivity contribution in [3.63, 3.8) is 0 Å². The molecule has 26 heavy (non-hydrogen) atoms. The van der Waals surface area contributed by atoms with E-state index in [1.54, 1.807) is 12.4 Å². The highest BCUT2D eigenvalue weighted by Gasteiger charge is 2.30. The summed E-state index contributed by atoms with van der Waals surface area (Å²) < 4.78 is 37.7. The van der Waals surface area contributed by atoms with Crippen LogP contribution in [-0.2, 0) is 6.18 Å². The summed E-state index contributed by atoms with van der Waals surface area (Å²) in [6.07, 6.45) is 1.06. The smallest absolute Gasteiger partial charge is 0.371 e. The largest absolute Gasteiger partial charge is 0.416 e. The van der Waals surface area contributed by atoms with Crippen molar-refractivity contribution in [3.05, 3.63) is 59.9 Å². The number of anilines is 1. The first-order valence-electron chi connectivity index (χ1n) is 8.54. The van der Waals surface area contributed by atoms with Crippen molar-refractivity contribution in [2.45, 2.75) is 19.0 Å². The second-order valence-corrected chi connectivity index (χ2v) is 6.42. The zero-order chi connectivity index (χ0) is 18.6. The lowest BCUT2D eigenvalue weighted by atomic mass is 9.96. The minimum Gasteiger partial charge on any atom is -0.371 e. The molecule has 1 aromatic heterocycles. The quantitative estimate of drug-likeness (QED) is 0.900. The molecule has 1 saturated heterocycles. The summed E-state index contributed by atoms with van der Waals surface area (Å²) in [5.41, 5.74) is 0.636. The van der Waals surface area contributed by atoms with Crippen molar-refractivity contribution in [3.8, 4) is 0 Å². The molecule has 4 nitrogen and oxygen atoms in total. The number of hydrogen-bond donors (Lipinski definition) is 1. The Balaban J connectivity index is 1.47. The number of piperidine rings is 1. The Kier molecular flexibility index (Phi) is 5.44. The Bertz CT molecular complexity index is 724. The number of aromatic nitrogens is 1. The van der Waals surface area contributed by atoms with Gasteiger partial charge in [0.25, 0.3) is 5.91 Å². The van der Waals surface area contributed by atoms with Gasteiger partial charge in [-0.2, -0.15) is 13.2 Å². The summed E-state index contributed by atoms with van der Waals surface area (Å²) in [5, 5.41) is 2.83. The average molecular weight is 363 g/mol. The van der Waals surface area contributed by atoms with Crippen molar-refractivity contribution in [1.29, 1.82) is 0 Å². The molecule has 1 amide bonds. The van der Waals surface area contributed by atoms with E-state index in [1.165, 1.54) is 12.1 Å². The van der Waals surface area contributed by atoms with Crippen LogP contribution in [0, 0.1) is 5.92 Å². The molecule has 1 fully saturated rings. The van der Waals surface area contributed by atoms with Crippen LogP contribution in [-0.4, -0.2) is 30.5 Å². The average Bonchev–Trinajstić information content (AvgIpc) is 2.66. The summed E-state index contributed by atoms with van der Waals surface area (Å²) >= 11 is 0. The van der Waals surface area contributed by atoms with Crippen molar-refractivity contribution >= 4 is 11.6 Å². The molecule has 7 heteroatoms. The van der Waals surface area contributed by atoms with Crippen molar-refractivity contribution < 1.29 is 18.0 Å². The predicted octanol–water partition coefficient (Wildman–Crippen LogP) is 3.75. The Morgan fingerprint density at radius 1 is 1.08 bits per heavy atom. The van der Waals surface area contributed by atoms with Gasteiger partial charge in [0.15, 0.2) is 0 Å². The molecule has 2 aromatic rings. The zero-order valence-corrected chi connectivity index (χ0v) is 14.2. The lowest BCUT2D eigenvalue weighted by Gasteiger charge is -2.33. The molecule has 3 rings (SSSR count). The molecule has 0 aliphatic carbocycles. The number of nitrogens with one attached hydrogen (secondary N) is 1. The molecule has 0 bridgehead atoms. The number of carbonyl (C=O) groups is 1. The van der Waals surface area contributed by atoms with E-state index in [0.29, 0.717) is 12.5 Å². The number of alkyl halides is 3. The highest BCUT2D eigenvalue weighted by molar-refractivity contribution is 5.94. The Hall–Kier alpha value is -2.57. The lowest BCUT2D eigenvalue weighted by molar-refractivity contribution is -0.137. The summed E-state index contributed by atoms with van der Waals surface area (Å²) in [7, 11) is 0. The lowest BCUT2D eigenvalue weighted by Crippen LogP contribution is -2.38. The van der Waals surface area contributed by atoms with Crippen LogP contribution in [0.4, 0.5) is 18.9 Å². The molecular weight excluding hydrogens is 343 g/mol. The molecule has 1 aliphatic rings. The van der Waals surface area contributed by atoms with Gasteiger partial charge in [-0.3, -0.25) is 9.78 Å². The van der Waals surface area contributed by atoms with Gasteiger partial charge in [0.05, 0.1) is 5.56 Å². The van der Waals surface area contributed by atoms with E-state index in [2.05, 4.69) is 15.2 Å². The Morgan fingerprint density at radius 3 is 2.27 bits per heavy atom. The first-order valence-corrected chi connectivity index (χ1v) is 8.54. The van der Waals surface area contributed by atoms with E-state index in [9.17, 15) is 18.0 Å². The first-order chi connectivity index (χ1) is 12.4. The summed E-state index contributed by atoms with van der Waals surface area (Å²) in [4.78, 5) is 18.4. The van der Waals surface area contributed by atoms with Crippen molar-refractivity contribution in [2.75, 3.05) is 24.5 Å². The van der Waals surface area contributed by atoms with E-state index in [1.807, 2.05) is 12.1 Å². The molecule has 0 atom stereocenters. The van der Waals surface area contributed by atoms with Gasteiger partial charge in [0.2, 0.25) is 0 Å². The molecule has 1 aromatic carbocycles. The van der Waals surface area contributed by atoms with Gasteiger partial charge in [0.1, 0.15) is 0 Å². The van der Waals surface area contributed by atoms with Crippen molar-refractivity contribution in [1.82, 2.24) is 10.3 Å². The van der Waals surface area contributed by atoms with Crippen LogP contribution in [0.25, 0.3) is 0 Å². The Labute approximate surface area is 150 Å². The minimum absolute atomic E-state index is 0.243. The molecule has 0 saturated carbocycles. The predicted molar refractivity (Wildman–Crippen MR) is 93.0 cm³/mol. The second kappa shape index (κ2) is 7.76. The van der Waals surface area contributed by atoms with Crippen LogP contribution in [0.1, 0.15) is 28.8 Å². The fourth-order valence-corrected chi connectivity index (χ4v) is 3.10. The normalized spacial score (nSPS) is 15.7. The summed E-state index contributed by atoms with van der Waals surface area (Å²) in [6.45, 7) is 2.35. The third-order valence-corrected chi connectivity index (χ3v) is 4.67. The SMILES string of the molecule is O=C(NCC1CCN(c2ccncc2)CC1)c1ccc(C(F)(F)F)cc1. The molecule has 2 heterocycles. The number of hydrogen-bond acceptors (Lipinski definition) is 3. The molecule has 1 N–H and O–H groups in total. The molecular formula is C19H20F3N3O. The number of rotatable bonds is 4. The maximum atomic E-state index is 12.6. The number of pyridine rings is 1. The summed E-state index contributed by atoms with van der Waals surface area (Å²) in [5.74, 6) is 0.0294. The molecule has 1 aliphatic heterocycles. The second-order valence-electron chi connectivity index (χ2n) is 6.42. The monoisotopic (exact) mass is 363 g/mol. The maximum absolute atomic E-state index is 12.6. The highest BCUT2D eigenvalue weighted by Crippen LogP contribution is 2.29. The minimum atomic E-state index is -4.39. The number of halogens is 3. The zero-order valence-electron chi connectivity index (χ0n) is 14.2. The van der Waals surface area contributed by atoms with Gasteiger partial charge in [-0.1, -0.05) is 0 Å². The first kappa shape index (κ1) is 18.2. The van der Waals surface area contributed by atoms with E-state index in [0.717, 1.165) is 43.8 Å². The topological polar surface area (TPSA) is 45.2 Å². The fourth-order valence-electron chi connectivity index (χ4n) is 3.10. The maximum Gasteiger partial charge on any atom is 0.416 e. The van der Waals surface area contributed by atoms with Crippen LogP contribution in [0.5, 0.6) is 0 Å². The van der Waals surface area contributed by atoms with Crippen molar-refractivity contribution in [2.24, 2.45) is 5.92 Å². The van der Waals surface area contributed by atoms with Gasteiger partial charge >= 0.3 is 6.18 Å². The molecule has 0 unspecified atom stereocenters. The van der Waals surface area contributed by atoms with E-state index in [4.69, 9.17) is 0 Å². The molecule has 0 radical (unpaired) electrons. The van der Waals surface area contributed by atoms with E-state index >= 15 is 0 Å². The van der Waals surface area contributed by atoms with Crippen LogP contribution < -0.4 is 10.2 Å². The van der Waals surface area contributed by atoms with Crippen LogP contribution in [0.15, 0.2) is 48.8 Å². The van der Waals surface area contributed by atoms with Gasteiger partial charge in [-0.05, 0) is 55.2 Å².